The van der Waals surface area contributed by atoms with Gasteiger partial charge in [0.15, 0.2) is 0 Å². The van der Waals surface area contributed by atoms with Gasteiger partial charge in [0, 0.05) is 11.6 Å². The zero-order chi connectivity index (χ0) is 10.0. The van der Waals surface area contributed by atoms with E-state index >= 15 is 0 Å². The third-order valence-electron chi connectivity index (χ3n) is 2.08. The molecule has 13 heavy (non-hydrogen) atoms. The van der Waals surface area contributed by atoms with Crippen molar-refractivity contribution in [1.29, 1.82) is 0 Å². The highest BCUT2D eigenvalue weighted by atomic mass is 16.6. The molecule has 0 spiro atoms. The molecule has 0 fully saturated rings. The second-order valence-electron chi connectivity index (χ2n) is 3.46. The Morgan fingerprint density at radius 3 is 2.38 bits per heavy atom. The van der Waals surface area contributed by atoms with Crippen LogP contribution in [0.25, 0.3) is 0 Å². The molecule has 1 aromatic carbocycles. The van der Waals surface area contributed by atoms with Crippen LogP contribution in [0.3, 0.4) is 0 Å². The van der Waals surface area contributed by atoms with Crippen molar-refractivity contribution >= 4 is 5.69 Å². The van der Waals surface area contributed by atoms with Gasteiger partial charge < -0.3 is 0 Å². The number of nitro benzene ring substituents is 1. The fourth-order valence-electron chi connectivity index (χ4n) is 1.24. The molecular formula is C10H13NO2. The van der Waals surface area contributed by atoms with Crippen LogP contribution in [0.5, 0.6) is 0 Å². The van der Waals surface area contributed by atoms with Crippen LogP contribution in [-0.4, -0.2) is 4.92 Å². The Morgan fingerprint density at radius 2 is 2.00 bits per heavy atom. The number of nitrogens with zero attached hydrogens (tertiary/aromatic N) is 1. The third kappa shape index (κ3) is 2.05. The van der Waals surface area contributed by atoms with Crippen LogP contribution in [-0.2, 0) is 0 Å². The molecule has 3 heteroatoms. The molecule has 0 atom stereocenters. The molecule has 0 amide bonds. The monoisotopic (exact) mass is 179 g/mol. The Morgan fingerprint density at radius 1 is 1.38 bits per heavy atom. The van der Waals surface area contributed by atoms with Gasteiger partial charge in [-0.3, -0.25) is 10.1 Å². The average molecular weight is 179 g/mol. The van der Waals surface area contributed by atoms with Crippen LogP contribution in [0.15, 0.2) is 18.2 Å². The smallest absolute Gasteiger partial charge is 0.258 e. The summed E-state index contributed by atoms with van der Waals surface area (Å²) in [6.07, 6.45) is 0. The molecule has 0 saturated carbocycles. The lowest BCUT2D eigenvalue weighted by molar-refractivity contribution is -0.385. The Bertz CT molecular complexity index is 332. The predicted octanol–water partition coefficient (Wildman–Crippen LogP) is 3.03. The van der Waals surface area contributed by atoms with Crippen LogP contribution in [0.2, 0.25) is 0 Å². The zero-order valence-electron chi connectivity index (χ0n) is 8.07. The van der Waals surface area contributed by atoms with E-state index in [-0.39, 0.29) is 10.6 Å². The molecule has 0 aromatic heterocycles. The van der Waals surface area contributed by atoms with Crippen molar-refractivity contribution in [2.75, 3.05) is 0 Å². The number of benzene rings is 1. The number of nitro groups is 1. The minimum Gasteiger partial charge on any atom is -0.258 e. The second kappa shape index (κ2) is 3.56. The molecule has 0 saturated heterocycles. The molecule has 0 bridgehead atoms. The summed E-state index contributed by atoms with van der Waals surface area (Å²) in [6.45, 7) is 5.91. The summed E-state index contributed by atoms with van der Waals surface area (Å²) in [5.41, 5.74) is 2.07. The molecule has 1 aromatic rings. The quantitative estimate of drug-likeness (QED) is 0.517. The maximum atomic E-state index is 10.5. The van der Waals surface area contributed by atoms with Crippen molar-refractivity contribution in [1.82, 2.24) is 0 Å². The molecule has 0 radical (unpaired) electrons. The highest BCUT2D eigenvalue weighted by Gasteiger charge is 2.10. The molecule has 0 heterocycles. The molecule has 1 rings (SSSR count). The van der Waals surface area contributed by atoms with E-state index in [1.807, 2.05) is 12.1 Å². The zero-order valence-corrected chi connectivity index (χ0v) is 8.07. The normalized spacial score (nSPS) is 10.5. The van der Waals surface area contributed by atoms with E-state index in [2.05, 4.69) is 13.8 Å². The van der Waals surface area contributed by atoms with E-state index in [0.717, 1.165) is 11.1 Å². The minimum atomic E-state index is -0.348. The van der Waals surface area contributed by atoms with Crippen LogP contribution >= 0.6 is 0 Å². The van der Waals surface area contributed by atoms with Crippen molar-refractivity contribution in [3.05, 3.63) is 39.4 Å². The van der Waals surface area contributed by atoms with Gasteiger partial charge in [-0.05, 0) is 24.5 Å². The summed E-state index contributed by atoms with van der Waals surface area (Å²) >= 11 is 0. The highest BCUT2D eigenvalue weighted by Crippen LogP contribution is 2.22. The number of rotatable bonds is 2. The summed E-state index contributed by atoms with van der Waals surface area (Å²) in [6, 6.07) is 5.27. The number of hydrogen-bond donors (Lipinski definition) is 0. The van der Waals surface area contributed by atoms with E-state index in [1.165, 1.54) is 0 Å². The van der Waals surface area contributed by atoms with Gasteiger partial charge in [0.25, 0.3) is 5.69 Å². The maximum Gasteiger partial charge on any atom is 0.272 e. The van der Waals surface area contributed by atoms with E-state index in [0.29, 0.717) is 5.92 Å². The van der Waals surface area contributed by atoms with Gasteiger partial charge in [0.1, 0.15) is 0 Å². The molecule has 0 aliphatic carbocycles. The maximum absolute atomic E-state index is 10.5. The lowest BCUT2D eigenvalue weighted by atomic mass is 10.0. The first-order chi connectivity index (χ1) is 6.02. The summed E-state index contributed by atoms with van der Waals surface area (Å²) in [4.78, 5) is 10.2. The van der Waals surface area contributed by atoms with Gasteiger partial charge in [-0.1, -0.05) is 19.9 Å². The lowest BCUT2D eigenvalue weighted by Gasteiger charge is -2.05. The SMILES string of the molecule is Cc1cc(C(C)C)ccc1[N+](=O)[O-]. The molecule has 0 unspecified atom stereocenters. The van der Waals surface area contributed by atoms with Gasteiger partial charge in [0.05, 0.1) is 4.92 Å². The van der Waals surface area contributed by atoms with Gasteiger partial charge in [-0.25, -0.2) is 0 Å². The van der Waals surface area contributed by atoms with Crippen molar-refractivity contribution in [2.24, 2.45) is 0 Å². The standard InChI is InChI=1S/C10H13NO2/c1-7(2)9-4-5-10(11(12)13)8(3)6-9/h4-7H,1-3H3. The average Bonchev–Trinajstić information content (AvgIpc) is 2.03. The van der Waals surface area contributed by atoms with Crippen molar-refractivity contribution in [3.8, 4) is 0 Å². The Kier molecular flexibility index (Phi) is 2.66. The largest absolute Gasteiger partial charge is 0.272 e. The summed E-state index contributed by atoms with van der Waals surface area (Å²) in [5.74, 6) is 0.416. The number of hydrogen-bond acceptors (Lipinski definition) is 2. The van der Waals surface area contributed by atoms with Crippen LogP contribution in [0.1, 0.15) is 30.9 Å². The first-order valence-corrected chi connectivity index (χ1v) is 4.27. The van der Waals surface area contributed by atoms with Crippen LogP contribution in [0, 0.1) is 17.0 Å². The molecular weight excluding hydrogens is 166 g/mol. The molecule has 3 nitrogen and oxygen atoms in total. The van der Waals surface area contributed by atoms with Gasteiger partial charge >= 0.3 is 0 Å². The molecule has 0 N–H and O–H groups in total. The molecule has 70 valence electrons. The van der Waals surface area contributed by atoms with Crippen molar-refractivity contribution in [3.63, 3.8) is 0 Å². The lowest BCUT2D eigenvalue weighted by Crippen LogP contribution is -1.94. The number of aryl methyl sites for hydroxylation is 1. The van der Waals surface area contributed by atoms with E-state index in [1.54, 1.807) is 13.0 Å². The second-order valence-corrected chi connectivity index (χ2v) is 3.46. The predicted molar refractivity (Wildman–Crippen MR) is 51.9 cm³/mol. The van der Waals surface area contributed by atoms with Gasteiger partial charge in [-0.15, -0.1) is 0 Å². The fraction of sp³-hybridized carbons (Fsp3) is 0.400. The summed E-state index contributed by atoms with van der Waals surface area (Å²) < 4.78 is 0. The fourth-order valence-corrected chi connectivity index (χ4v) is 1.24. The molecule has 0 aliphatic heterocycles. The Hall–Kier alpha value is -1.38. The van der Waals surface area contributed by atoms with Gasteiger partial charge in [-0.2, -0.15) is 0 Å². The van der Waals surface area contributed by atoms with Crippen molar-refractivity contribution in [2.45, 2.75) is 26.7 Å². The van der Waals surface area contributed by atoms with Crippen LogP contribution in [0.4, 0.5) is 5.69 Å². The molecule has 0 aliphatic rings. The third-order valence-corrected chi connectivity index (χ3v) is 2.08. The van der Waals surface area contributed by atoms with E-state index in [4.69, 9.17) is 0 Å². The Balaban J connectivity index is 3.13. The van der Waals surface area contributed by atoms with E-state index in [9.17, 15) is 10.1 Å². The van der Waals surface area contributed by atoms with Gasteiger partial charge in [0.2, 0.25) is 0 Å². The van der Waals surface area contributed by atoms with Crippen molar-refractivity contribution < 1.29 is 4.92 Å². The topological polar surface area (TPSA) is 43.1 Å². The highest BCUT2D eigenvalue weighted by molar-refractivity contribution is 5.42. The van der Waals surface area contributed by atoms with Crippen LogP contribution < -0.4 is 0 Å². The minimum absolute atomic E-state index is 0.199. The first kappa shape index (κ1) is 9.71. The summed E-state index contributed by atoms with van der Waals surface area (Å²) in [5, 5.41) is 10.5. The van der Waals surface area contributed by atoms with E-state index < -0.39 is 0 Å². The first-order valence-electron chi connectivity index (χ1n) is 4.27. The summed E-state index contributed by atoms with van der Waals surface area (Å²) in [7, 11) is 0. The Labute approximate surface area is 77.5 Å².